The molecule has 1 aliphatic rings. The second-order valence-electron chi connectivity index (χ2n) is 4.27. The number of halogens is 2. The van der Waals surface area contributed by atoms with E-state index in [0.29, 0.717) is 17.0 Å². The monoisotopic (exact) mass is 280 g/mol. The average Bonchev–Trinajstić information content (AvgIpc) is 3.04. The van der Waals surface area contributed by atoms with Crippen LogP contribution in [0, 0.1) is 12.7 Å². The molecule has 0 amide bonds. The number of nitrogens with zero attached hydrogens (tertiary/aromatic N) is 2. The summed E-state index contributed by atoms with van der Waals surface area (Å²) >= 11 is 3.43. The van der Waals surface area contributed by atoms with Gasteiger partial charge in [-0.25, -0.2) is 14.4 Å². The van der Waals surface area contributed by atoms with Crippen LogP contribution in [-0.4, -0.2) is 9.97 Å². The quantitative estimate of drug-likeness (QED) is 0.744. The summed E-state index contributed by atoms with van der Waals surface area (Å²) in [6.45, 7) is 1.75. The van der Waals surface area contributed by atoms with E-state index in [-0.39, 0.29) is 5.82 Å². The fraction of sp³-hybridized carbons (Fsp3) is 0.333. The normalized spacial score (nSPS) is 15.7. The Labute approximate surface area is 101 Å². The lowest BCUT2D eigenvalue weighted by Crippen LogP contribution is -1.96. The first-order chi connectivity index (χ1) is 7.65. The Kier molecular flexibility index (Phi) is 2.21. The van der Waals surface area contributed by atoms with Gasteiger partial charge in [0.2, 0.25) is 0 Å². The molecule has 0 saturated heterocycles. The number of aromatic nitrogens is 2. The topological polar surface area (TPSA) is 25.8 Å². The van der Waals surface area contributed by atoms with E-state index >= 15 is 0 Å². The maximum absolute atomic E-state index is 13.5. The van der Waals surface area contributed by atoms with Gasteiger partial charge in [0.15, 0.2) is 0 Å². The SMILES string of the molecule is Cc1cc2c(Br)nc(C3CC3)nc2cc1F. The smallest absolute Gasteiger partial charge is 0.133 e. The zero-order valence-electron chi connectivity index (χ0n) is 8.80. The number of fused-ring (bicyclic) bond motifs is 1. The fourth-order valence-electron chi connectivity index (χ4n) is 1.76. The van der Waals surface area contributed by atoms with Gasteiger partial charge in [0, 0.05) is 17.4 Å². The first kappa shape index (κ1) is 10.1. The highest BCUT2D eigenvalue weighted by Gasteiger charge is 2.27. The van der Waals surface area contributed by atoms with Crippen molar-refractivity contribution in [1.29, 1.82) is 0 Å². The summed E-state index contributed by atoms with van der Waals surface area (Å²) in [5.41, 5.74) is 1.31. The van der Waals surface area contributed by atoms with Crippen molar-refractivity contribution in [2.75, 3.05) is 0 Å². The molecule has 16 heavy (non-hydrogen) atoms. The highest BCUT2D eigenvalue weighted by Crippen LogP contribution is 2.39. The van der Waals surface area contributed by atoms with Crippen molar-refractivity contribution in [3.8, 4) is 0 Å². The van der Waals surface area contributed by atoms with Crippen LogP contribution >= 0.6 is 15.9 Å². The van der Waals surface area contributed by atoms with Crippen molar-refractivity contribution in [1.82, 2.24) is 9.97 Å². The van der Waals surface area contributed by atoms with Crippen molar-refractivity contribution in [2.45, 2.75) is 25.7 Å². The highest BCUT2D eigenvalue weighted by atomic mass is 79.9. The van der Waals surface area contributed by atoms with Crippen molar-refractivity contribution in [3.63, 3.8) is 0 Å². The Morgan fingerprint density at radius 2 is 2.06 bits per heavy atom. The number of hydrogen-bond donors (Lipinski definition) is 0. The van der Waals surface area contributed by atoms with E-state index in [9.17, 15) is 4.39 Å². The molecular weight excluding hydrogens is 271 g/mol. The lowest BCUT2D eigenvalue weighted by molar-refractivity contribution is 0.620. The second kappa shape index (κ2) is 3.48. The molecule has 2 aromatic rings. The third kappa shape index (κ3) is 1.61. The van der Waals surface area contributed by atoms with Crippen LogP contribution < -0.4 is 0 Å². The van der Waals surface area contributed by atoms with Crippen LogP contribution in [0.3, 0.4) is 0 Å². The minimum absolute atomic E-state index is 0.208. The summed E-state index contributed by atoms with van der Waals surface area (Å²) in [6, 6.07) is 3.27. The molecule has 0 bridgehead atoms. The van der Waals surface area contributed by atoms with Crippen LogP contribution in [0.4, 0.5) is 4.39 Å². The van der Waals surface area contributed by atoms with Gasteiger partial charge in [-0.1, -0.05) is 0 Å². The molecule has 4 heteroatoms. The van der Waals surface area contributed by atoms with Crippen molar-refractivity contribution in [2.24, 2.45) is 0 Å². The van der Waals surface area contributed by atoms with Gasteiger partial charge in [-0.05, 0) is 47.3 Å². The highest BCUT2D eigenvalue weighted by molar-refractivity contribution is 9.10. The Morgan fingerprint density at radius 3 is 2.75 bits per heavy atom. The summed E-state index contributed by atoms with van der Waals surface area (Å²) in [4.78, 5) is 8.84. The maximum atomic E-state index is 13.5. The first-order valence-electron chi connectivity index (χ1n) is 5.28. The molecule has 0 radical (unpaired) electrons. The molecule has 3 rings (SSSR count). The molecule has 2 nitrogen and oxygen atoms in total. The predicted octanol–water partition coefficient (Wildman–Crippen LogP) is 3.72. The molecule has 0 N–H and O–H groups in total. The summed E-state index contributed by atoms with van der Waals surface area (Å²) in [5, 5.41) is 0.878. The van der Waals surface area contributed by atoms with Gasteiger partial charge in [-0.3, -0.25) is 0 Å². The molecule has 0 aliphatic heterocycles. The summed E-state index contributed by atoms with van der Waals surface area (Å²) < 4.78 is 14.2. The van der Waals surface area contributed by atoms with E-state index in [0.717, 1.165) is 28.7 Å². The molecule has 1 saturated carbocycles. The third-order valence-corrected chi connectivity index (χ3v) is 3.49. The minimum atomic E-state index is -0.208. The van der Waals surface area contributed by atoms with E-state index in [4.69, 9.17) is 0 Å². The number of aryl methyl sites for hydroxylation is 1. The van der Waals surface area contributed by atoms with Crippen LogP contribution in [0.2, 0.25) is 0 Å². The van der Waals surface area contributed by atoms with Crippen molar-refractivity contribution in [3.05, 3.63) is 33.9 Å². The molecule has 0 spiro atoms. The largest absolute Gasteiger partial charge is 0.232 e. The standard InChI is InChI=1S/C12H10BrFN2/c1-6-4-8-10(5-9(6)14)15-12(7-2-3-7)16-11(8)13/h4-5,7H,2-3H2,1H3. The van der Waals surface area contributed by atoms with E-state index in [1.165, 1.54) is 6.07 Å². The van der Waals surface area contributed by atoms with E-state index in [1.54, 1.807) is 13.0 Å². The Morgan fingerprint density at radius 1 is 1.31 bits per heavy atom. The van der Waals surface area contributed by atoms with Crippen LogP contribution in [0.1, 0.15) is 30.1 Å². The number of hydrogen-bond acceptors (Lipinski definition) is 2. The van der Waals surface area contributed by atoms with Gasteiger partial charge < -0.3 is 0 Å². The van der Waals surface area contributed by atoms with Gasteiger partial charge in [-0.2, -0.15) is 0 Å². The molecule has 82 valence electrons. The Bertz CT molecular complexity index is 579. The molecular formula is C12H10BrFN2. The first-order valence-corrected chi connectivity index (χ1v) is 6.08. The summed E-state index contributed by atoms with van der Waals surface area (Å²) in [7, 11) is 0. The third-order valence-electron chi connectivity index (χ3n) is 2.89. The zero-order valence-corrected chi connectivity index (χ0v) is 10.4. The molecule has 1 aromatic carbocycles. The number of rotatable bonds is 1. The summed E-state index contributed by atoms with van der Waals surface area (Å²) in [5.74, 6) is 1.10. The fourth-order valence-corrected chi connectivity index (χ4v) is 2.26. The predicted molar refractivity (Wildman–Crippen MR) is 63.9 cm³/mol. The molecule has 1 aromatic heterocycles. The molecule has 0 atom stereocenters. The zero-order chi connectivity index (χ0) is 11.3. The lowest BCUT2D eigenvalue weighted by Gasteiger charge is -2.05. The van der Waals surface area contributed by atoms with E-state index < -0.39 is 0 Å². The second-order valence-corrected chi connectivity index (χ2v) is 5.02. The minimum Gasteiger partial charge on any atom is -0.232 e. The van der Waals surface area contributed by atoms with Crippen LogP contribution in [0.15, 0.2) is 16.7 Å². The van der Waals surface area contributed by atoms with Crippen LogP contribution in [0.5, 0.6) is 0 Å². The molecule has 0 unspecified atom stereocenters. The molecule has 1 aliphatic carbocycles. The molecule has 1 fully saturated rings. The maximum Gasteiger partial charge on any atom is 0.133 e. The van der Waals surface area contributed by atoms with Gasteiger partial charge in [0.05, 0.1) is 5.52 Å². The Balaban J connectivity index is 2.28. The van der Waals surface area contributed by atoms with Gasteiger partial charge in [0.25, 0.3) is 0 Å². The van der Waals surface area contributed by atoms with E-state index in [2.05, 4.69) is 25.9 Å². The lowest BCUT2D eigenvalue weighted by atomic mass is 10.1. The van der Waals surface area contributed by atoms with Crippen LogP contribution in [-0.2, 0) is 0 Å². The van der Waals surface area contributed by atoms with E-state index in [1.807, 2.05) is 0 Å². The van der Waals surface area contributed by atoms with Crippen LogP contribution in [0.25, 0.3) is 10.9 Å². The Hall–Kier alpha value is -1.03. The van der Waals surface area contributed by atoms with Gasteiger partial charge in [-0.15, -0.1) is 0 Å². The van der Waals surface area contributed by atoms with Gasteiger partial charge >= 0.3 is 0 Å². The average molecular weight is 281 g/mol. The van der Waals surface area contributed by atoms with Gasteiger partial charge in [0.1, 0.15) is 16.2 Å². The summed E-state index contributed by atoms with van der Waals surface area (Å²) in [6.07, 6.45) is 2.29. The van der Waals surface area contributed by atoms with Crippen molar-refractivity contribution < 1.29 is 4.39 Å². The van der Waals surface area contributed by atoms with Crippen molar-refractivity contribution >= 4 is 26.8 Å². The molecule has 1 heterocycles. The number of benzene rings is 1.